The van der Waals surface area contributed by atoms with E-state index in [1.54, 1.807) is 6.92 Å². The van der Waals surface area contributed by atoms with Crippen LogP contribution in [0, 0.1) is 0 Å². The lowest BCUT2D eigenvalue weighted by atomic mass is 9.88. The summed E-state index contributed by atoms with van der Waals surface area (Å²) in [4.78, 5) is 11.5. The maximum Gasteiger partial charge on any atom is 0.333 e. The van der Waals surface area contributed by atoms with Crippen molar-refractivity contribution in [1.29, 1.82) is 0 Å². The second-order valence-electron chi connectivity index (χ2n) is 11.8. The molecule has 1 aliphatic rings. The van der Waals surface area contributed by atoms with E-state index in [4.69, 9.17) is 14.2 Å². The Kier molecular flexibility index (Phi) is 10.3. The van der Waals surface area contributed by atoms with Crippen LogP contribution in [0.5, 0.6) is 5.75 Å². The van der Waals surface area contributed by atoms with Crippen molar-refractivity contribution in [2.75, 3.05) is 19.8 Å². The Balaban J connectivity index is 1.22. The Morgan fingerprint density at radius 3 is 2.17 bits per heavy atom. The zero-order valence-corrected chi connectivity index (χ0v) is 26.8. The van der Waals surface area contributed by atoms with Gasteiger partial charge in [0.25, 0.3) is 0 Å². The van der Waals surface area contributed by atoms with Gasteiger partial charge in [-0.15, -0.1) is 0 Å². The van der Waals surface area contributed by atoms with E-state index in [1.807, 2.05) is 30.3 Å². The van der Waals surface area contributed by atoms with E-state index < -0.39 is 12.1 Å². The van der Waals surface area contributed by atoms with E-state index in [1.165, 1.54) is 22.3 Å². The molecule has 0 aromatic heterocycles. The molecule has 47 heavy (non-hydrogen) atoms. The Labute approximate surface area is 277 Å². The number of carbonyl (C=O) groups is 1. The molecule has 1 aliphatic carbocycles. The summed E-state index contributed by atoms with van der Waals surface area (Å²) in [6, 6.07) is 41.9. The molecule has 3 atom stereocenters. The molecule has 0 radical (unpaired) electrons. The van der Waals surface area contributed by atoms with Crippen LogP contribution in [0.15, 0.2) is 121 Å². The number of benzene rings is 5. The zero-order valence-electron chi connectivity index (χ0n) is 26.8. The van der Waals surface area contributed by atoms with Gasteiger partial charge in [-0.3, -0.25) is 0 Å². The molecule has 5 aromatic rings. The van der Waals surface area contributed by atoms with Crippen molar-refractivity contribution in [2.45, 2.75) is 38.4 Å². The highest BCUT2D eigenvalue weighted by Gasteiger charge is 2.24. The van der Waals surface area contributed by atoms with Crippen LogP contribution in [-0.4, -0.2) is 37.0 Å². The third kappa shape index (κ3) is 7.71. The van der Waals surface area contributed by atoms with Gasteiger partial charge in [-0.1, -0.05) is 122 Å². The number of fused-ring (bicyclic) bond motifs is 2. The third-order valence-electron chi connectivity index (χ3n) is 8.74. The van der Waals surface area contributed by atoms with E-state index in [0.717, 1.165) is 27.8 Å². The first-order valence-corrected chi connectivity index (χ1v) is 16.2. The molecule has 0 amide bonds. The van der Waals surface area contributed by atoms with Crippen molar-refractivity contribution in [3.63, 3.8) is 0 Å². The van der Waals surface area contributed by atoms with E-state index in [2.05, 4.69) is 110 Å². The summed E-state index contributed by atoms with van der Waals surface area (Å²) in [5, 5.41) is 9.40. The predicted molar refractivity (Wildman–Crippen MR) is 188 cm³/mol. The lowest BCUT2D eigenvalue weighted by Gasteiger charge is -2.23. The lowest BCUT2D eigenvalue weighted by Crippen LogP contribution is -2.26. The number of carboxylic acid groups (broad SMARTS) is 1. The van der Waals surface area contributed by atoms with Gasteiger partial charge in [0.05, 0.1) is 6.61 Å². The minimum absolute atomic E-state index is 0.236. The van der Waals surface area contributed by atoms with E-state index in [0.29, 0.717) is 32.0 Å². The van der Waals surface area contributed by atoms with Crippen molar-refractivity contribution >= 4 is 18.1 Å². The number of aliphatic carboxylic acids is 1. The molecule has 6 rings (SSSR count). The van der Waals surface area contributed by atoms with E-state index in [-0.39, 0.29) is 12.0 Å². The van der Waals surface area contributed by atoms with E-state index in [9.17, 15) is 9.90 Å². The van der Waals surface area contributed by atoms with Gasteiger partial charge in [0.15, 0.2) is 6.10 Å². The standard InChI is InChI=1S/C42H40O5/c1-3-45-40(42(43)44)26-30-14-21-37(22-15-30)46-24-25-47-41-38-23-20-35(32-12-8-5-9-13-32)27-36(38)19-17-33-16-18-34(28-39(33)41)29(2)31-10-6-4-7-11-31/h4-23,27-29,40-41H,3,24-26H2,1-2H3,(H,43,44). The first-order valence-electron chi connectivity index (χ1n) is 16.2. The summed E-state index contributed by atoms with van der Waals surface area (Å²) < 4.78 is 18.1. The summed E-state index contributed by atoms with van der Waals surface area (Å²) in [7, 11) is 0. The molecule has 0 spiro atoms. The lowest BCUT2D eigenvalue weighted by molar-refractivity contribution is -0.149. The van der Waals surface area contributed by atoms with Crippen molar-refractivity contribution < 1.29 is 24.1 Å². The van der Waals surface area contributed by atoms with Gasteiger partial charge in [0.1, 0.15) is 18.5 Å². The zero-order chi connectivity index (χ0) is 32.6. The topological polar surface area (TPSA) is 65.0 Å². The Bertz CT molecular complexity index is 1810. The molecular weight excluding hydrogens is 584 g/mol. The summed E-state index contributed by atoms with van der Waals surface area (Å²) in [6.07, 6.45) is 3.56. The van der Waals surface area contributed by atoms with Gasteiger partial charge >= 0.3 is 5.97 Å². The third-order valence-corrected chi connectivity index (χ3v) is 8.74. The fraction of sp³-hybridized carbons (Fsp3) is 0.214. The SMILES string of the molecule is CCOC(Cc1ccc(OCCOC2c3ccc(-c4ccccc4)cc3C=Cc3ccc(C(C)c4ccccc4)cc32)cc1)C(=O)O. The minimum atomic E-state index is -0.959. The Hall–Kier alpha value is -4.97. The molecule has 0 bridgehead atoms. The van der Waals surface area contributed by atoms with Crippen molar-refractivity contribution in [3.8, 4) is 16.9 Å². The molecule has 5 heteroatoms. The number of ether oxygens (including phenoxy) is 3. The molecule has 1 N–H and O–H groups in total. The highest BCUT2D eigenvalue weighted by molar-refractivity contribution is 5.79. The van der Waals surface area contributed by atoms with Crippen LogP contribution in [0.1, 0.15) is 64.8 Å². The second-order valence-corrected chi connectivity index (χ2v) is 11.8. The van der Waals surface area contributed by atoms with Gasteiger partial charge in [-0.25, -0.2) is 4.79 Å². The predicted octanol–water partition coefficient (Wildman–Crippen LogP) is 9.21. The van der Waals surface area contributed by atoms with Crippen LogP contribution in [0.3, 0.4) is 0 Å². The molecular formula is C42H40O5. The number of rotatable bonds is 13. The van der Waals surface area contributed by atoms with Crippen LogP contribution in [0.25, 0.3) is 23.3 Å². The maximum absolute atomic E-state index is 11.5. The second kappa shape index (κ2) is 15.1. The fourth-order valence-corrected chi connectivity index (χ4v) is 6.15. The number of carboxylic acids is 1. The van der Waals surface area contributed by atoms with Crippen LogP contribution >= 0.6 is 0 Å². The van der Waals surface area contributed by atoms with Gasteiger partial charge in [-0.2, -0.15) is 0 Å². The summed E-state index contributed by atoms with van der Waals surface area (Å²) in [6.45, 7) is 5.15. The van der Waals surface area contributed by atoms with Crippen LogP contribution in [-0.2, 0) is 20.7 Å². The molecule has 0 saturated carbocycles. The summed E-state index contributed by atoms with van der Waals surface area (Å²) in [5.41, 5.74) is 10.3. The Morgan fingerprint density at radius 1 is 0.723 bits per heavy atom. The van der Waals surface area contributed by atoms with Crippen LogP contribution in [0.4, 0.5) is 0 Å². The number of hydrogen-bond acceptors (Lipinski definition) is 4. The van der Waals surface area contributed by atoms with Gasteiger partial charge < -0.3 is 19.3 Å². The maximum atomic E-state index is 11.5. The van der Waals surface area contributed by atoms with Gasteiger partial charge in [0.2, 0.25) is 0 Å². The highest BCUT2D eigenvalue weighted by atomic mass is 16.5. The average molecular weight is 625 g/mol. The first kappa shape index (κ1) is 32.0. The normalized spacial score (nSPS) is 14.8. The molecule has 0 fully saturated rings. The van der Waals surface area contributed by atoms with Gasteiger partial charge in [0, 0.05) is 18.9 Å². The Morgan fingerprint density at radius 2 is 1.45 bits per heavy atom. The largest absolute Gasteiger partial charge is 0.491 e. The molecule has 3 unspecified atom stereocenters. The molecule has 0 saturated heterocycles. The minimum Gasteiger partial charge on any atom is -0.491 e. The highest BCUT2D eigenvalue weighted by Crippen LogP contribution is 2.39. The molecule has 0 heterocycles. The monoisotopic (exact) mass is 624 g/mol. The van der Waals surface area contributed by atoms with Crippen molar-refractivity contribution in [1.82, 2.24) is 0 Å². The fourth-order valence-electron chi connectivity index (χ4n) is 6.15. The quantitative estimate of drug-likeness (QED) is 0.132. The molecule has 0 aliphatic heterocycles. The van der Waals surface area contributed by atoms with E-state index >= 15 is 0 Å². The summed E-state index contributed by atoms with van der Waals surface area (Å²) >= 11 is 0. The smallest absolute Gasteiger partial charge is 0.333 e. The molecule has 238 valence electrons. The molecule has 5 nitrogen and oxygen atoms in total. The van der Waals surface area contributed by atoms with Crippen LogP contribution in [0.2, 0.25) is 0 Å². The van der Waals surface area contributed by atoms with Crippen molar-refractivity contribution in [3.05, 3.63) is 160 Å². The summed E-state index contributed by atoms with van der Waals surface area (Å²) in [5.74, 6) is -0.0190. The average Bonchev–Trinajstić information content (AvgIpc) is 3.26. The van der Waals surface area contributed by atoms with Crippen LogP contribution < -0.4 is 4.74 Å². The van der Waals surface area contributed by atoms with Gasteiger partial charge in [-0.05, 0) is 75.2 Å². The first-order chi connectivity index (χ1) is 23.0. The molecule has 5 aromatic carbocycles. The number of hydrogen-bond donors (Lipinski definition) is 1. The van der Waals surface area contributed by atoms with Crippen molar-refractivity contribution in [2.24, 2.45) is 0 Å².